The number of aromatic amines is 1. The van der Waals surface area contributed by atoms with E-state index in [4.69, 9.17) is 12.2 Å². The van der Waals surface area contributed by atoms with Crippen LogP contribution in [0.2, 0.25) is 0 Å². The second-order valence-corrected chi connectivity index (χ2v) is 3.14. The van der Waals surface area contributed by atoms with Crippen molar-refractivity contribution < 1.29 is 4.79 Å². The number of hydrogen-bond donors (Lipinski definition) is 1. The minimum Gasteiger partial charge on any atom is -0.292 e. The number of rotatable bonds is 1. The van der Waals surface area contributed by atoms with Crippen molar-refractivity contribution in [3.05, 3.63) is 8.96 Å². The summed E-state index contributed by atoms with van der Waals surface area (Å²) in [6.07, 6.45) is 0. The maximum absolute atomic E-state index is 10.5. The molecule has 3 nitrogen and oxygen atoms in total. The minimum absolute atomic E-state index is 0.0487. The Hall–Kier alpha value is -0.550. The van der Waals surface area contributed by atoms with Crippen LogP contribution in [-0.2, 0) is 0 Å². The van der Waals surface area contributed by atoms with Crippen LogP contribution in [0.4, 0.5) is 0 Å². The Kier molecular flexibility index (Phi) is 1.73. The smallest absolute Gasteiger partial charge is 0.190 e. The molecule has 1 aromatic heterocycles. The average molecular weight is 160 g/mol. The molecule has 0 bridgehead atoms. The Morgan fingerprint density at radius 3 is 2.78 bits per heavy atom. The summed E-state index contributed by atoms with van der Waals surface area (Å²) in [4.78, 5) is 10.5. The van der Waals surface area contributed by atoms with Crippen LogP contribution in [0.15, 0.2) is 0 Å². The fourth-order valence-corrected chi connectivity index (χ4v) is 1.16. The summed E-state index contributed by atoms with van der Waals surface area (Å²) in [5, 5.41) is 6.61. The van der Waals surface area contributed by atoms with Gasteiger partial charge in [0.1, 0.15) is 0 Å². The lowest BCUT2D eigenvalue weighted by atomic mass is 10.5. The van der Waals surface area contributed by atoms with E-state index >= 15 is 0 Å². The van der Waals surface area contributed by atoms with Crippen molar-refractivity contribution >= 4 is 29.3 Å². The van der Waals surface area contributed by atoms with Crippen molar-refractivity contribution in [3.63, 3.8) is 0 Å². The predicted octanol–water partition coefficient (Wildman–Crippen LogP) is 1.40. The molecule has 0 atom stereocenters. The van der Waals surface area contributed by atoms with Crippen molar-refractivity contribution in [1.29, 1.82) is 0 Å². The van der Waals surface area contributed by atoms with E-state index in [1.165, 1.54) is 18.3 Å². The molecule has 0 amide bonds. The standard InChI is InChI=1S/C4H4N2OS2/c1-2(7)3-5-6-4(8)9-3/h1H3,(H,6,8). The van der Waals surface area contributed by atoms with Crippen molar-refractivity contribution in [2.45, 2.75) is 6.92 Å². The highest BCUT2D eigenvalue weighted by Gasteiger charge is 2.00. The predicted molar refractivity (Wildman–Crippen MR) is 37.3 cm³/mol. The topological polar surface area (TPSA) is 45.8 Å². The molecule has 0 spiro atoms. The fraction of sp³-hybridized carbons (Fsp3) is 0.250. The number of carbonyl (C=O) groups is 1. The number of carbonyl (C=O) groups excluding carboxylic acids is 1. The molecule has 0 aliphatic rings. The van der Waals surface area contributed by atoms with Gasteiger partial charge in [0.2, 0.25) is 0 Å². The lowest BCUT2D eigenvalue weighted by Crippen LogP contribution is -1.88. The molecular weight excluding hydrogens is 156 g/mol. The van der Waals surface area contributed by atoms with Crippen LogP contribution in [0.3, 0.4) is 0 Å². The summed E-state index contributed by atoms with van der Waals surface area (Å²) in [7, 11) is 0. The zero-order valence-corrected chi connectivity index (χ0v) is 6.30. The molecule has 0 aliphatic carbocycles. The van der Waals surface area contributed by atoms with Crippen LogP contribution in [0.25, 0.3) is 0 Å². The highest BCUT2D eigenvalue weighted by molar-refractivity contribution is 7.73. The Bertz CT molecular complexity index is 274. The van der Waals surface area contributed by atoms with Gasteiger partial charge in [-0.2, -0.15) is 5.10 Å². The summed E-state index contributed by atoms with van der Waals surface area (Å²) >= 11 is 5.89. The van der Waals surface area contributed by atoms with Gasteiger partial charge < -0.3 is 0 Å². The summed E-state index contributed by atoms with van der Waals surface area (Å²) in [6.45, 7) is 1.46. The first-order valence-corrected chi connectivity index (χ1v) is 3.49. The van der Waals surface area contributed by atoms with Gasteiger partial charge in [-0.05, 0) is 12.2 Å². The minimum atomic E-state index is -0.0487. The Balaban J connectivity index is 3.12. The van der Waals surface area contributed by atoms with Crippen LogP contribution in [0, 0.1) is 3.95 Å². The van der Waals surface area contributed by atoms with Gasteiger partial charge >= 0.3 is 0 Å². The van der Waals surface area contributed by atoms with Crippen molar-refractivity contribution in [3.8, 4) is 0 Å². The van der Waals surface area contributed by atoms with Gasteiger partial charge in [0, 0.05) is 6.92 Å². The van der Waals surface area contributed by atoms with Gasteiger partial charge in [-0.3, -0.25) is 9.89 Å². The molecule has 0 unspecified atom stereocenters. The first-order valence-electron chi connectivity index (χ1n) is 2.26. The highest BCUT2D eigenvalue weighted by Crippen LogP contribution is 2.03. The first-order chi connectivity index (χ1) is 4.20. The Morgan fingerprint density at radius 2 is 2.56 bits per heavy atom. The third kappa shape index (κ3) is 1.43. The van der Waals surface area contributed by atoms with Crippen molar-refractivity contribution in [2.75, 3.05) is 0 Å². The molecule has 0 saturated carbocycles. The molecule has 0 fully saturated rings. The average Bonchev–Trinajstić information content (AvgIpc) is 2.14. The number of ketones is 1. The summed E-state index contributed by atoms with van der Waals surface area (Å²) < 4.78 is 0.542. The van der Waals surface area contributed by atoms with E-state index in [2.05, 4.69) is 10.2 Å². The second-order valence-electron chi connectivity index (χ2n) is 1.47. The maximum Gasteiger partial charge on any atom is 0.190 e. The molecule has 1 N–H and O–H groups in total. The molecule has 48 valence electrons. The van der Waals surface area contributed by atoms with E-state index in [0.717, 1.165) is 0 Å². The van der Waals surface area contributed by atoms with E-state index in [1.54, 1.807) is 0 Å². The van der Waals surface area contributed by atoms with E-state index < -0.39 is 0 Å². The van der Waals surface area contributed by atoms with Crippen LogP contribution in [-0.4, -0.2) is 16.0 Å². The molecule has 0 saturated heterocycles. The maximum atomic E-state index is 10.5. The second kappa shape index (κ2) is 2.36. The molecule has 1 rings (SSSR count). The number of Topliss-reactive ketones (excluding diaryl/α,β-unsaturated/α-hetero) is 1. The van der Waals surface area contributed by atoms with Gasteiger partial charge in [-0.25, -0.2) is 0 Å². The number of H-pyrrole nitrogens is 1. The fourth-order valence-electron chi connectivity index (χ4n) is 0.380. The molecule has 9 heavy (non-hydrogen) atoms. The number of nitrogens with zero attached hydrogens (tertiary/aromatic N) is 1. The lowest BCUT2D eigenvalue weighted by Gasteiger charge is -1.76. The van der Waals surface area contributed by atoms with Gasteiger partial charge in [-0.1, -0.05) is 11.3 Å². The van der Waals surface area contributed by atoms with Gasteiger partial charge in [-0.15, -0.1) is 0 Å². The summed E-state index contributed by atoms with van der Waals surface area (Å²) in [5.74, 6) is -0.0487. The van der Waals surface area contributed by atoms with Gasteiger partial charge in [0.05, 0.1) is 0 Å². The summed E-state index contributed by atoms with van der Waals surface area (Å²) in [5.41, 5.74) is 0. The third-order valence-corrected chi connectivity index (χ3v) is 1.93. The zero-order chi connectivity index (χ0) is 6.85. The van der Waals surface area contributed by atoms with Crippen molar-refractivity contribution in [2.24, 2.45) is 0 Å². The van der Waals surface area contributed by atoms with E-state index in [9.17, 15) is 4.79 Å². The lowest BCUT2D eigenvalue weighted by molar-refractivity contribution is 0.101. The number of nitrogens with one attached hydrogen (secondary N) is 1. The monoisotopic (exact) mass is 160 g/mol. The number of aromatic nitrogens is 2. The third-order valence-electron chi connectivity index (χ3n) is 0.739. The SMILES string of the molecule is CC(=O)c1n[nH]c(=S)s1. The van der Waals surface area contributed by atoms with E-state index in [-0.39, 0.29) is 5.78 Å². The van der Waals surface area contributed by atoms with Crippen LogP contribution >= 0.6 is 23.6 Å². The molecule has 1 aromatic rings. The molecule has 0 aliphatic heterocycles. The zero-order valence-electron chi connectivity index (χ0n) is 4.67. The molecule has 5 heteroatoms. The van der Waals surface area contributed by atoms with Crippen molar-refractivity contribution in [1.82, 2.24) is 10.2 Å². The normalized spacial score (nSPS) is 9.44. The molecule has 1 heterocycles. The van der Waals surface area contributed by atoms with Crippen LogP contribution < -0.4 is 0 Å². The Morgan fingerprint density at radius 1 is 1.89 bits per heavy atom. The highest BCUT2D eigenvalue weighted by atomic mass is 32.1. The van der Waals surface area contributed by atoms with E-state index in [1.807, 2.05) is 0 Å². The van der Waals surface area contributed by atoms with Gasteiger partial charge in [0.25, 0.3) is 0 Å². The molecular formula is C4H4N2OS2. The molecule has 0 aromatic carbocycles. The number of hydrogen-bond acceptors (Lipinski definition) is 4. The Labute approximate surface area is 60.7 Å². The van der Waals surface area contributed by atoms with Crippen LogP contribution in [0.5, 0.6) is 0 Å². The summed E-state index contributed by atoms with van der Waals surface area (Å²) in [6, 6.07) is 0. The quantitative estimate of drug-likeness (QED) is 0.499. The van der Waals surface area contributed by atoms with Gasteiger partial charge in [0.15, 0.2) is 14.7 Å². The van der Waals surface area contributed by atoms with Crippen LogP contribution in [0.1, 0.15) is 16.7 Å². The van der Waals surface area contributed by atoms with E-state index in [0.29, 0.717) is 8.96 Å². The first kappa shape index (κ1) is 6.57. The molecule has 0 radical (unpaired) electrons. The largest absolute Gasteiger partial charge is 0.292 e.